The van der Waals surface area contributed by atoms with E-state index in [-0.39, 0.29) is 12.8 Å². The highest BCUT2D eigenvalue weighted by molar-refractivity contribution is 9.10. The summed E-state index contributed by atoms with van der Waals surface area (Å²) < 4.78 is 6.49. The molecule has 3 nitrogen and oxygen atoms in total. The van der Waals surface area contributed by atoms with E-state index in [1.54, 1.807) is 0 Å². The lowest BCUT2D eigenvalue weighted by Gasteiger charge is -2.06. The first-order valence-corrected chi connectivity index (χ1v) is 7.85. The van der Waals surface area contributed by atoms with Crippen molar-refractivity contribution in [2.24, 2.45) is 0 Å². The van der Waals surface area contributed by atoms with E-state index in [1.807, 2.05) is 48.5 Å². The largest absolute Gasteiger partial charge is 0.393 e. The Morgan fingerprint density at radius 2 is 1.14 bits per heavy atom. The molecule has 0 aliphatic rings. The first kappa shape index (κ1) is 15.9. The average Bonchev–Trinajstić information content (AvgIpc) is 2.44. The van der Waals surface area contributed by atoms with Gasteiger partial charge in [-0.15, -0.1) is 0 Å². The van der Waals surface area contributed by atoms with Crippen molar-refractivity contribution < 1.29 is 14.3 Å². The second-order valence-electron chi connectivity index (χ2n) is 4.38. The van der Waals surface area contributed by atoms with Crippen LogP contribution in [0.25, 0.3) is 0 Å². The van der Waals surface area contributed by atoms with Gasteiger partial charge in [-0.05, 0) is 23.3 Å². The third-order valence-electron chi connectivity index (χ3n) is 2.81. The van der Waals surface area contributed by atoms with Crippen LogP contribution in [-0.2, 0) is 27.2 Å². The summed E-state index contributed by atoms with van der Waals surface area (Å²) in [4.78, 5) is 23.5. The first-order valence-electron chi connectivity index (χ1n) is 6.26. The summed E-state index contributed by atoms with van der Waals surface area (Å²) in [5.41, 5.74) is 1.58. The highest BCUT2D eigenvalue weighted by atomic mass is 79.9. The molecule has 108 valence electrons. The van der Waals surface area contributed by atoms with Crippen LogP contribution in [0.4, 0.5) is 0 Å². The van der Waals surface area contributed by atoms with E-state index >= 15 is 0 Å². The number of carbonyl (C=O) groups excluding carboxylic acids is 2. The van der Waals surface area contributed by atoms with Crippen LogP contribution in [-0.4, -0.2) is 11.9 Å². The minimum atomic E-state index is -0.557. The number of carbonyl (C=O) groups is 2. The lowest BCUT2D eigenvalue weighted by atomic mass is 10.1. The van der Waals surface area contributed by atoms with Gasteiger partial charge in [0.15, 0.2) is 0 Å². The predicted octanol–water partition coefficient (Wildman–Crippen LogP) is 4.07. The molecule has 2 rings (SSSR count). The molecule has 0 unspecified atom stereocenters. The molecule has 0 aliphatic heterocycles. The lowest BCUT2D eigenvalue weighted by molar-refractivity contribution is -0.158. The van der Waals surface area contributed by atoms with Gasteiger partial charge in [-0.25, -0.2) is 0 Å². The fourth-order valence-corrected chi connectivity index (χ4v) is 2.64. The van der Waals surface area contributed by atoms with Crippen molar-refractivity contribution in [3.63, 3.8) is 0 Å². The quantitative estimate of drug-likeness (QED) is 0.562. The normalized spacial score (nSPS) is 10.2. The Hall–Kier alpha value is -1.46. The summed E-state index contributed by atoms with van der Waals surface area (Å²) in [6.45, 7) is 0. The second-order valence-corrected chi connectivity index (χ2v) is 6.09. The predicted molar refractivity (Wildman–Crippen MR) is 86.8 cm³/mol. The molecule has 2 aromatic carbocycles. The standard InChI is InChI=1S/C16H12Br2O3/c17-13-7-3-1-5-11(13)9-15(19)21-16(20)10-12-6-2-4-8-14(12)18/h1-8H,9-10H2. The molecular formula is C16H12Br2O3. The van der Waals surface area contributed by atoms with Gasteiger partial charge in [-0.3, -0.25) is 9.59 Å². The Kier molecular flexibility index (Phi) is 5.70. The van der Waals surface area contributed by atoms with Crippen LogP contribution < -0.4 is 0 Å². The molecule has 2 aromatic rings. The number of hydrogen-bond acceptors (Lipinski definition) is 3. The van der Waals surface area contributed by atoms with Gasteiger partial charge in [-0.2, -0.15) is 0 Å². The zero-order chi connectivity index (χ0) is 15.2. The molecular weight excluding hydrogens is 400 g/mol. The fraction of sp³-hybridized carbons (Fsp3) is 0.125. The first-order chi connectivity index (χ1) is 10.1. The van der Waals surface area contributed by atoms with Crippen molar-refractivity contribution in [1.82, 2.24) is 0 Å². The highest BCUT2D eigenvalue weighted by Gasteiger charge is 2.14. The maximum atomic E-state index is 11.8. The van der Waals surface area contributed by atoms with Crippen molar-refractivity contribution in [2.45, 2.75) is 12.8 Å². The number of rotatable bonds is 4. The third kappa shape index (κ3) is 4.79. The van der Waals surface area contributed by atoms with Gasteiger partial charge < -0.3 is 4.74 Å². The summed E-state index contributed by atoms with van der Waals surface area (Å²) in [6, 6.07) is 14.7. The summed E-state index contributed by atoms with van der Waals surface area (Å²) >= 11 is 6.71. The Labute approximate surface area is 139 Å². The number of ether oxygens (including phenoxy) is 1. The molecule has 0 radical (unpaired) electrons. The number of benzene rings is 2. The van der Waals surface area contributed by atoms with Gasteiger partial charge in [0.05, 0.1) is 12.8 Å². The monoisotopic (exact) mass is 410 g/mol. The maximum absolute atomic E-state index is 11.8. The summed E-state index contributed by atoms with van der Waals surface area (Å²) in [5, 5.41) is 0. The Morgan fingerprint density at radius 3 is 1.52 bits per heavy atom. The van der Waals surface area contributed by atoms with Gasteiger partial charge in [0.2, 0.25) is 0 Å². The van der Waals surface area contributed by atoms with Crippen molar-refractivity contribution in [1.29, 1.82) is 0 Å². The number of halogens is 2. The van der Waals surface area contributed by atoms with Crippen LogP contribution in [0.15, 0.2) is 57.5 Å². The summed E-state index contributed by atoms with van der Waals surface area (Å²) in [7, 11) is 0. The molecule has 0 saturated carbocycles. The third-order valence-corrected chi connectivity index (χ3v) is 4.36. The molecule has 0 spiro atoms. The topological polar surface area (TPSA) is 43.4 Å². The van der Waals surface area contributed by atoms with Gasteiger partial charge >= 0.3 is 11.9 Å². The minimum absolute atomic E-state index is 0.0587. The molecule has 0 N–H and O–H groups in total. The van der Waals surface area contributed by atoms with E-state index in [9.17, 15) is 9.59 Å². The Bertz CT molecular complexity index is 611. The maximum Gasteiger partial charge on any atom is 0.317 e. The fourth-order valence-electron chi connectivity index (χ4n) is 1.79. The van der Waals surface area contributed by atoms with Crippen LogP contribution in [0.5, 0.6) is 0 Å². The van der Waals surface area contributed by atoms with Crippen LogP contribution in [0.2, 0.25) is 0 Å². The second kappa shape index (κ2) is 7.52. The molecule has 0 amide bonds. The van der Waals surface area contributed by atoms with Crippen LogP contribution >= 0.6 is 31.9 Å². The molecule has 21 heavy (non-hydrogen) atoms. The van der Waals surface area contributed by atoms with E-state index in [0.29, 0.717) is 0 Å². The number of esters is 2. The molecule has 0 saturated heterocycles. The van der Waals surface area contributed by atoms with Crippen LogP contribution in [0, 0.1) is 0 Å². The minimum Gasteiger partial charge on any atom is -0.393 e. The average molecular weight is 412 g/mol. The molecule has 0 fully saturated rings. The van der Waals surface area contributed by atoms with Crippen LogP contribution in [0.3, 0.4) is 0 Å². The van der Waals surface area contributed by atoms with Gasteiger partial charge in [0.1, 0.15) is 0 Å². The highest BCUT2D eigenvalue weighted by Crippen LogP contribution is 2.18. The van der Waals surface area contributed by atoms with E-state index in [0.717, 1.165) is 20.1 Å². The molecule has 0 aromatic heterocycles. The lowest BCUT2D eigenvalue weighted by Crippen LogP contribution is -2.16. The molecule has 5 heteroatoms. The van der Waals surface area contributed by atoms with Crippen molar-refractivity contribution in [3.8, 4) is 0 Å². The van der Waals surface area contributed by atoms with E-state index in [1.165, 1.54) is 0 Å². The smallest absolute Gasteiger partial charge is 0.317 e. The molecule has 0 atom stereocenters. The molecule has 0 bridgehead atoms. The van der Waals surface area contributed by atoms with Crippen molar-refractivity contribution >= 4 is 43.8 Å². The Morgan fingerprint density at radius 1 is 0.762 bits per heavy atom. The molecule has 0 aliphatic carbocycles. The van der Waals surface area contributed by atoms with E-state index in [4.69, 9.17) is 4.74 Å². The summed E-state index contributed by atoms with van der Waals surface area (Å²) in [5.74, 6) is -1.11. The zero-order valence-electron chi connectivity index (χ0n) is 11.0. The van der Waals surface area contributed by atoms with Gasteiger partial charge in [-0.1, -0.05) is 68.3 Å². The van der Waals surface area contributed by atoms with Gasteiger partial charge in [0, 0.05) is 8.95 Å². The van der Waals surface area contributed by atoms with Gasteiger partial charge in [0.25, 0.3) is 0 Å². The molecule has 0 heterocycles. The van der Waals surface area contributed by atoms with Crippen LogP contribution in [0.1, 0.15) is 11.1 Å². The van der Waals surface area contributed by atoms with E-state index in [2.05, 4.69) is 31.9 Å². The SMILES string of the molecule is O=C(Cc1ccccc1Br)OC(=O)Cc1ccccc1Br. The number of hydrogen-bond donors (Lipinski definition) is 0. The van der Waals surface area contributed by atoms with E-state index < -0.39 is 11.9 Å². The Balaban J connectivity index is 1.93. The van der Waals surface area contributed by atoms with Crippen molar-refractivity contribution in [3.05, 3.63) is 68.6 Å². The van der Waals surface area contributed by atoms with Crippen molar-refractivity contribution in [2.75, 3.05) is 0 Å². The zero-order valence-corrected chi connectivity index (χ0v) is 14.2. The summed E-state index contributed by atoms with van der Waals surface area (Å²) in [6.07, 6.45) is 0.117.